The van der Waals surface area contributed by atoms with E-state index >= 15 is 0 Å². The van der Waals surface area contributed by atoms with Gasteiger partial charge in [0.2, 0.25) is 0 Å². The van der Waals surface area contributed by atoms with Gasteiger partial charge in [-0.1, -0.05) is 35.3 Å². The summed E-state index contributed by atoms with van der Waals surface area (Å²) in [6.45, 7) is 0.0909. The molecule has 0 radical (unpaired) electrons. The minimum atomic E-state index is -0.461. The number of imide groups is 1. The Morgan fingerprint density at radius 2 is 1.87 bits per heavy atom. The van der Waals surface area contributed by atoms with E-state index < -0.39 is 10.8 Å². The fraction of sp³-hybridized carbons (Fsp3) is 0.0476. The summed E-state index contributed by atoms with van der Waals surface area (Å²) >= 11 is 12.8. The third kappa shape index (κ3) is 4.51. The van der Waals surface area contributed by atoms with Crippen molar-refractivity contribution in [1.82, 2.24) is 9.47 Å². The molecule has 1 fully saturated rings. The van der Waals surface area contributed by atoms with E-state index in [1.165, 1.54) is 12.1 Å². The molecule has 156 valence electrons. The predicted molar refractivity (Wildman–Crippen MR) is 120 cm³/mol. The van der Waals surface area contributed by atoms with Crippen LogP contribution in [-0.2, 0) is 11.3 Å². The number of thioether (sulfide) groups is 1. The van der Waals surface area contributed by atoms with E-state index in [0.717, 1.165) is 16.7 Å². The van der Waals surface area contributed by atoms with Gasteiger partial charge in [0.25, 0.3) is 16.8 Å². The van der Waals surface area contributed by atoms with Crippen molar-refractivity contribution < 1.29 is 14.5 Å². The molecule has 2 heterocycles. The summed E-state index contributed by atoms with van der Waals surface area (Å²) in [5.41, 5.74) is 1.97. The topological polar surface area (TPSA) is 85.5 Å². The van der Waals surface area contributed by atoms with E-state index in [4.69, 9.17) is 23.2 Å². The Kier molecular flexibility index (Phi) is 5.86. The van der Waals surface area contributed by atoms with Crippen LogP contribution in [0.15, 0.2) is 65.8 Å². The van der Waals surface area contributed by atoms with Crippen molar-refractivity contribution in [2.24, 2.45) is 0 Å². The summed E-state index contributed by atoms with van der Waals surface area (Å²) in [7, 11) is 0. The highest BCUT2D eigenvalue weighted by Crippen LogP contribution is 2.34. The first-order valence-electron chi connectivity index (χ1n) is 8.94. The minimum Gasteiger partial charge on any atom is -0.323 e. The maximum absolute atomic E-state index is 12.7. The zero-order chi connectivity index (χ0) is 22.1. The molecule has 1 aliphatic rings. The molecular weight excluding hydrogens is 461 g/mol. The number of hydrogen-bond donors (Lipinski definition) is 0. The normalized spacial score (nSPS) is 15.2. The van der Waals surface area contributed by atoms with Crippen LogP contribution in [0.1, 0.15) is 11.1 Å². The van der Waals surface area contributed by atoms with Gasteiger partial charge < -0.3 is 4.57 Å². The maximum atomic E-state index is 12.7. The van der Waals surface area contributed by atoms with Crippen molar-refractivity contribution in [3.05, 3.63) is 97.1 Å². The fourth-order valence-electron chi connectivity index (χ4n) is 3.03. The summed E-state index contributed by atoms with van der Waals surface area (Å²) in [5.74, 6) is -0.399. The lowest BCUT2D eigenvalue weighted by molar-refractivity contribution is -0.384. The second kappa shape index (κ2) is 8.58. The molecule has 0 saturated carbocycles. The van der Waals surface area contributed by atoms with Gasteiger partial charge in [0.15, 0.2) is 0 Å². The lowest BCUT2D eigenvalue weighted by Crippen LogP contribution is -2.27. The van der Waals surface area contributed by atoms with Crippen molar-refractivity contribution in [2.75, 3.05) is 0 Å². The predicted octanol–water partition coefficient (Wildman–Crippen LogP) is 5.93. The summed E-state index contributed by atoms with van der Waals surface area (Å²) < 4.78 is 1.71. The van der Waals surface area contributed by atoms with Gasteiger partial charge in [-0.25, -0.2) is 0 Å². The standard InChI is InChI=1S/C21H13Cl2N3O4S/c22-17-5-4-13(8-18(17)23)12-25-20(27)19(31-21(25)28)9-14-6-7-24(11-14)15-2-1-3-16(10-15)26(29)30/h1-11H,12H2. The van der Waals surface area contributed by atoms with Crippen molar-refractivity contribution in [1.29, 1.82) is 0 Å². The second-order valence-corrected chi connectivity index (χ2v) is 8.45. The third-order valence-electron chi connectivity index (χ3n) is 4.55. The lowest BCUT2D eigenvalue weighted by atomic mass is 10.2. The molecule has 0 N–H and O–H groups in total. The first-order valence-corrected chi connectivity index (χ1v) is 10.5. The summed E-state index contributed by atoms with van der Waals surface area (Å²) in [6, 6.07) is 12.9. The zero-order valence-electron chi connectivity index (χ0n) is 15.7. The van der Waals surface area contributed by atoms with E-state index in [1.807, 2.05) is 0 Å². The van der Waals surface area contributed by atoms with Crippen LogP contribution in [0, 0.1) is 10.1 Å². The molecular formula is C21H13Cl2N3O4S. The molecule has 10 heteroatoms. The number of nitro benzene ring substituents is 1. The number of amides is 2. The van der Waals surface area contributed by atoms with E-state index in [0.29, 0.717) is 31.8 Å². The molecule has 0 bridgehead atoms. The zero-order valence-corrected chi connectivity index (χ0v) is 18.0. The number of halogens is 2. The molecule has 3 aromatic rings. The first-order chi connectivity index (χ1) is 14.8. The largest absolute Gasteiger partial charge is 0.323 e. The quantitative estimate of drug-likeness (QED) is 0.260. The third-order valence-corrected chi connectivity index (χ3v) is 6.20. The molecule has 0 unspecified atom stereocenters. The molecule has 2 aromatic carbocycles. The van der Waals surface area contributed by atoms with Crippen LogP contribution in [-0.4, -0.2) is 25.5 Å². The van der Waals surface area contributed by atoms with Crippen molar-refractivity contribution in [3.8, 4) is 5.69 Å². The van der Waals surface area contributed by atoms with Crippen molar-refractivity contribution in [3.63, 3.8) is 0 Å². The molecule has 0 aliphatic carbocycles. The molecule has 1 aliphatic heterocycles. The van der Waals surface area contributed by atoms with Crippen LogP contribution < -0.4 is 0 Å². The van der Waals surface area contributed by atoms with Gasteiger partial charge in [-0.15, -0.1) is 0 Å². The lowest BCUT2D eigenvalue weighted by Gasteiger charge is -2.12. The Hall–Kier alpha value is -3.07. The Morgan fingerprint density at radius 3 is 2.61 bits per heavy atom. The SMILES string of the molecule is O=C1SC(=Cc2ccn(-c3cccc([N+](=O)[O-])c3)c2)C(=O)N1Cc1ccc(Cl)c(Cl)c1. The summed E-state index contributed by atoms with van der Waals surface area (Å²) in [6.07, 6.45) is 5.07. The van der Waals surface area contributed by atoms with Gasteiger partial charge in [-0.3, -0.25) is 24.6 Å². The van der Waals surface area contributed by atoms with Gasteiger partial charge in [-0.2, -0.15) is 0 Å². The van der Waals surface area contributed by atoms with Crippen LogP contribution in [0.2, 0.25) is 10.0 Å². The smallest absolute Gasteiger partial charge is 0.293 e. The van der Waals surface area contributed by atoms with Crippen LogP contribution in [0.4, 0.5) is 10.5 Å². The Bertz CT molecular complexity index is 1250. The number of carbonyl (C=O) groups is 2. The highest BCUT2D eigenvalue weighted by Gasteiger charge is 2.35. The number of carbonyl (C=O) groups excluding carboxylic acids is 2. The number of hydrogen-bond acceptors (Lipinski definition) is 5. The van der Waals surface area contributed by atoms with Gasteiger partial charge in [0.1, 0.15) is 0 Å². The van der Waals surface area contributed by atoms with Crippen molar-refractivity contribution >= 4 is 57.9 Å². The van der Waals surface area contributed by atoms with E-state index in [-0.39, 0.29) is 17.5 Å². The Balaban J connectivity index is 1.54. The molecule has 7 nitrogen and oxygen atoms in total. The number of non-ortho nitro benzene ring substituents is 1. The van der Waals surface area contributed by atoms with Gasteiger partial charge in [0, 0.05) is 24.5 Å². The molecule has 1 aromatic heterocycles. The van der Waals surface area contributed by atoms with Crippen LogP contribution in [0.3, 0.4) is 0 Å². The van der Waals surface area contributed by atoms with E-state index in [1.54, 1.807) is 59.4 Å². The summed E-state index contributed by atoms with van der Waals surface area (Å²) in [5, 5.41) is 11.4. The van der Waals surface area contributed by atoms with Gasteiger partial charge in [-0.05, 0) is 53.2 Å². The number of nitrogens with zero attached hydrogens (tertiary/aromatic N) is 3. The Morgan fingerprint density at radius 1 is 1.06 bits per heavy atom. The number of nitro groups is 1. The van der Waals surface area contributed by atoms with Crippen molar-refractivity contribution in [2.45, 2.75) is 6.54 Å². The monoisotopic (exact) mass is 473 g/mol. The first kappa shape index (κ1) is 21.2. The fourth-order valence-corrected chi connectivity index (χ4v) is 4.19. The number of rotatable bonds is 5. The molecule has 0 atom stereocenters. The molecule has 4 rings (SSSR count). The molecule has 31 heavy (non-hydrogen) atoms. The van der Waals surface area contributed by atoms with Crippen LogP contribution >= 0.6 is 35.0 Å². The number of benzene rings is 2. The average molecular weight is 474 g/mol. The maximum Gasteiger partial charge on any atom is 0.293 e. The second-order valence-electron chi connectivity index (χ2n) is 6.65. The van der Waals surface area contributed by atoms with E-state index in [2.05, 4.69) is 0 Å². The van der Waals surface area contributed by atoms with E-state index in [9.17, 15) is 19.7 Å². The van der Waals surface area contributed by atoms with Crippen LogP contribution in [0.5, 0.6) is 0 Å². The van der Waals surface area contributed by atoms with Crippen LogP contribution in [0.25, 0.3) is 11.8 Å². The highest BCUT2D eigenvalue weighted by atomic mass is 35.5. The van der Waals surface area contributed by atoms with Gasteiger partial charge >= 0.3 is 0 Å². The molecule has 2 amide bonds. The van der Waals surface area contributed by atoms with Gasteiger partial charge in [0.05, 0.1) is 32.1 Å². The molecule has 0 spiro atoms. The highest BCUT2D eigenvalue weighted by molar-refractivity contribution is 8.18. The molecule has 1 saturated heterocycles. The average Bonchev–Trinajstić information content (AvgIpc) is 3.31. The minimum absolute atomic E-state index is 0.0174. The number of aromatic nitrogens is 1. The summed E-state index contributed by atoms with van der Waals surface area (Å²) in [4.78, 5) is 37.1. The Labute approximate surface area is 191 Å².